The third-order valence-corrected chi connectivity index (χ3v) is 10.2. The summed E-state index contributed by atoms with van der Waals surface area (Å²) in [5, 5.41) is 6.08. The summed E-state index contributed by atoms with van der Waals surface area (Å²) in [6.07, 6.45) is 7.57. The van der Waals surface area contributed by atoms with Gasteiger partial charge in [0.05, 0.1) is 23.8 Å². The molecule has 4 aliphatic rings. The van der Waals surface area contributed by atoms with Crippen molar-refractivity contribution in [2.75, 3.05) is 0 Å². The van der Waals surface area contributed by atoms with Crippen LogP contribution in [-0.2, 0) is 20.5 Å². The highest BCUT2D eigenvalue weighted by atomic mass is 127. The van der Waals surface area contributed by atoms with Gasteiger partial charge in [-0.1, -0.05) is 66.8 Å². The topological polar surface area (TPSA) is 102 Å². The minimum Gasteiger partial charge on any atom is -0.404 e. The Hall–Kier alpha value is -2.05. The van der Waals surface area contributed by atoms with E-state index in [9.17, 15) is 9.59 Å². The van der Waals surface area contributed by atoms with Crippen LogP contribution in [0.3, 0.4) is 0 Å². The quantitative estimate of drug-likeness (QED) is 0.249. The smallest absolute Gasteiger partial charge is 0.404 e. The molecule has 2 bridgehead atoms. The molecule has 3 saturated carbocycles. The van der Waals surface area contributed by atoms with Crippen LogP contribution in [-0.4, -0.2) is 56.0 Å². The third-order valence-electron chi connectivity index (χ3n) is 8.58. The van der Waals surface area contributed by atoms with Crippen LogP contribution in [0.25, 0.3) is 0 Å². The lowest BCUT2D eigenvalue weighted by Crippen LogP contribution is -2.67. The number of benzene rings is 1. The van der Waals surface area contributed by atoms with Gasteiger partial charge in [-0.25, -0.2) is 4.98 Å². The molecule has 4 fully saturated rings. The molecule has 6 rings (SSSR count). The van der Waals surface area contributed by atoms with Gasteiger partial charge in [0.1, 0.15) is 11.7 Å². The minimum absolute atomic E-state index is 0.0297. The van der Waals surface area contributed by atoms with E-state index in [1.54, 1.807) is 0 Å². The number of hydrogen-bond donors (Lipinski definition) is 2. The second-order valence-electron chi connectivity index (χ2n) is 11.7. The van der Waals surface area contributed by atoms with Crippen molar-refractivity contribution in [3.63, 3.8) is 0 Å². The highest BCUT2D eigenvalue weighted by Crippen LogP contribution is 2.65. The fourth-order valence-electron chi connectivity index (χ4n) is 6.41. The van der Waals surface area contributed by atoms with Crippen LogP contribution in [0.1, 0.15) is 63.0 Å². The van der Waals surface area contributed by atoms with Gasteiger partial charge < -0.3 is 19.9 Å². The molecule has 2 amide bonds. The van der Waals surface area contributed by atoms with Crippen LogP contribution in [0, 0.1) is 17.8 Å². The van der Waals surface area contributed by atoms with Crippen LogP contribution in [0.2, 0.25) is 0 Å². The molecule has 1 aromatic carbocycles. The molecule has 1 aliphatic heterocycles. The highest BCUT2D eigenvalue weighted by molar-refractivity contribution is 14.1. The van der Waals surface area contributed by atoms with Crippen molar-refractivity contribution in [3.05, 3.63) is 60.2 Å². The number of carbonyl (C=O) groups is 2. The Bertz CT molecular complexity index is 1150. The maximum Gasteiger partial charge on any atom is 0.481 e. The first-order chi connectivity index (χ1) is 18.1. The monoisotopic (exact) mass is 630 g/mol. The van der Waals surface area contributed by atoms with Gasteiger partial charge in [0, 0.05) is 28.2 Å². The van der Waals surface area contributed by atoms with Crippen LogP contribution < -0.4 is 10.6 Å². The summed E-state index contributed by atoms with van der Waals surface area (Å²) in [7, 11) is -0.532. The molecular weight excluding hydrogens is 594 g/mol. The van der Waals surface area contributed by atoms with Crippen molar-refractivity contribution in [2.45, 2.75) is 80.5 Å². The van der Waals surface area contributed by atoms with Crippen LogP contribution in [0.4, 0.5) is 0 Å². The first-order valence-corrected chi connectivity index (χ1v) is 14.6. The van der Waals surface area contributed by atoms with Crippen LogP contribution in [0.5, 0.6) is 0 Å². The van der Waals surface area contributed by atoms with Crippen molar-refractivity contribution in [1.29, 1.82) is 0 Å². The Morgan fingerprint density at radius 3 is 2.58 bits per heavy atom. The van der Waals surface area contributed by atoms with Gasteiger partial charge in [-0.05, 0) is 50.5 Å². The second-order valence-corrected chi connectivity index (χ2v) is 14.0. The van der Waals surface area contributed by atoms with Crippen molar-refractivity contribution in [2.24, 2.45) is 17.8 Å². The zero-order valence-corrected chi connectivity index (χ0v) is 24.6. The fraction of sp³-hybridized carbons (Fsp3) is 0.571. The van der Waals surface area contributed by atoms with Crippen molar-refractivity contribution in [3.8, 4) is 0 Å². The summed E-state index contributed by atoms with van der Waals surface area (Å²) >= 11 is 2.60. The van der Waals surface area contributed by atoms with Gasteiger partial charge in [0.15, 0.2) is 0 Å². The highest BCUT2D eigenvalue weighted by Gasteiger charge is 2.69. The van der Waals surface area contributed by atoms with Gasteiger partial charge in [0.2, 0.25) is 5.91 Å². The Morgan fingerprint density at radius 2 is 1.92 bits per heavy atom. The van der Waals surface area contributed by atoms with Gasteiger partial charge in [-0.15, -0.1) is 0 Å². The molecule has 0 spiro atoms. The Morgan fingerprint density at radius 1 is 1.16 bits per heavy atom. The normalized spacial score (nSPS) is 31.2. The number of nitrogens with zero attached hydrogens (tertiary/aromatic N) is 2. The van der Waals surface area contributed by atoms with Crippen molar-refractivity contribution < 1.29 is 18.9 Å². The fourth-order valence-corrected chi connectivity index (χ4v) is 7.79. The molecule has 2 heterocycles. The molecule has 2 N–H and O–H groups in total. The van der Waals surface area contributed by atoms with E-state index in [1.165, 1.54) is 18.6 Å². The number of amides is 2. The molecule has 8 nitrogen and oxygen atoms in total. The summed E-state index contributed by atoms with van der Waals surface area (Å²) in [4.78, 5) is 34.8. The second kappa shape index (κ2) is 10.8. The summed E-state index contributed by atoms with van der Waals surface area (Å²) < 4.78 is 13.4. The maximum absolute atomic E-state index is 13.8. The van der Waals surface area contributed by atoms with Gasteiger partial charge in [-0.3, -0.25) is 14.6 Å². The lowest BCUT2D eigenvalue weighted by atomic mass is 9.51. The van der Waals surface area contributed by atoms with E-state index >= 15 is 0 Å². The predicted molar refractivity (Wildman–Crippen MR) is 154 cm³/mol. The Kier molecular flexibility index (Phi) is 7.86. The molecule has 1 saturated heterocycles. The van der Waals surface area contributed by atoms with Crippen molar-refractivity contribution >= 4 is 41.5 Å². The lowest BCUT2D eigenvalue weighted by molar-refractivity contribution is -0.130. The van der Waals surface area contributed by atoms with E-state index in [2.05, 4.69) is 70.9 Å². The van der Waals surface area contributed by atoms with E-state index in [-0.39, 0.29) is 32.7 Å². The first-order valence-electron chi connectivity index (χ1n) is 13.5. The number of hydrogen-bond acceptors (Lipinski definition) is 6. The first kappa shape index (κ1) is 27.5. The number of rotatable bonds is 9. The molecule has 1 aromatic heterocycles. The van der Waals surface area contributed by atoms with Gasteiger partial charge in [-0.2, -0.15) is 0 Å². The van der Waals surface area contributed by atoms with E-state index in [1.807, 2.05) is 30.3 Å². The summed E-state index contributed by atoms with van der Waals surface area (Å²) in [5.74, 6) is 0.326. The van der Waals surface area contributed by atoms with Crippen molar-refractivity contribution in [1.82, 2.24) is 20.6 Å². The largest absolute Gasteiger partial charge is 0.481 e. The average molecular weight is 630 g/mol. The minimum atomic E-state index is -0.800. The zero-order valence-electron chi connectivity index (χ0n) is 22.4. The van der Waals surface area contributed by atoms with E-state index in [0.717, 1.165) is 18.4 Å². The number of nitrogens with one attached hydrogen (secondary N) is 2. The number of carbonyl (C=O) groups excluding carboxylic acids is 2. The molecule has 38 heavy (non-hydrogen) atoms. The van der Waals surface area contributed by atoms with Crippen LogP contribution in [0.15, 0.2) is 48.9 Å². The van der Waals surface area contributed by atoms with Gasteiger partial charge in [0.25, 0.3) is 5.91 Å². The molecular formula is C28H36BIN4O4. The molecule has 202 valence electrons. The molecule has 1 unspecified atom stereocenters. The SMILES string of the molecule is CC(C)C[C@H](NC(=O)[C@H](Cc1ccccc1)NC(=O)c1cnccn1)B1O[C@@H]2C[C@@H]3C[C@@H](C3(C)I)[C@]2(C)O1. The van der Waals surface area contributed by atoms with E-state index in [0.29, 0.717) is 30.6 Å². The predicted octanol–water partition coefficient (Wildman–Crippen LogP) is 3.78. The summed E-state index contributed by atoms with van der Waals surface area (Å²) in [5.41, 5.74) is 0.747. The number of aromatic nitrogens is 2. The van der Waals surface area contributed by atoms with Gasteiger partial charge >= 0.3 is 7.12 Å². The Labute approximate surface area is 238 Å². The van der Waals surface area contributed by atoms with Crippen LogP contribution >= 0.6 is 22.6 Å². The maximum atomic E-state index is 13.8. The zero-order chi connectivity index (χ0) is 27.1. The third kappa shape index (κ3) is 5.36. The number of halogens is 1. The Balaban J connectivity index is 1.34. The van der Waals surface area contributed by atoms with E-state index in [4.69, 9.17) is 9.31 Å². The molecule has 2 aromatic rings. The molecule has 0 radical (unpaired) electrons. The summed E-state index contributed by atoms with van der Waals surface area (Å²) in [6, 6.07) is 8.86. The molecule has 7 atom stereocenters. The molecule has 3 aliphatic carbocycles. The lowest BCUT2D eigenvalue weighted by Gasteiger charge is -2.63. The average Bonchev–Trinajstić information content (AvgIpc) is 3.26. The standard InChI is InChI=1S/C28H36BIN4O4/c1-17(2)12-24(29-37-23-15-19-14-22(27(19,3)30)28(23,4)38-29)34-25(35)20(13-18-8-6-5-7-9-18)33-26(36)21-16-31-10-11-32-21/h5-11,16-17,19-20,22-24H,12-15H2,1-4H3,(H,33,36)(H,34,35)/t19-,20-,22-,23+,24-,27?,28-/m0/s1. The number of alkyl halides is 1. The molecule has 10 heteroatoms. The van der Waals surface area contributed by atoms with E-state index < -0.39 is 19.1 Å². The summed E-state index contributed by atoms with van der Waals surface area (Å²) in [6.45, 7) is 8.76.